The Bertz CT molecular complexity index is 719. The van der Waals surface area contributed by atoms with E-state index in [1.807, 2.05) is 18.5 Å². The van der Waals surface area contributed by atoms with Crippen LogP contribution in [0.4, 0.5) is 5.82 Å². The first-order valence-corrected chi connectivity index (χ1v) is 6.17. The lowest BCUT2D eigenvalue weighted by atomic mass is 10.1. The van der Waals surface area contributed by atoms with Crippen LogP contribution in [0.3, 0.4) is 0 Å². The predicted molar refractivity (Wildman–Crippen MR) is 75.9 cm³/mol. The van der Waals surface area contributed by atoms with Gasteiger partial charge in [-0.3, -0.25) is 4.98 Å². The van der Waals surface area contributed by atoms with Crippen molar-refractivity contribution in [1.82, 2.24) is 9.97 Å². The minimum Gasteiger partial charge on any atom is -0.370 e. The Balaban J connectivity index is 2.37. The zero-order valence-electron chi connectivity index (χ0n) is 10.6. The van der Waals surface area contributed by atoms with Gasteiger partial charge in [0.05, 0.1) is 5.52 Å². The van der Waals surface area contributed by atoms with Crippen LogP contribution in [0, 0.1) is 6.92 Å². The van der Waals surface area contributed by atoms with E-state index in [4.69, 9.17) is 4.98 Å². The molecule has 2 heterocycles. The summed E-state index contributed by atoms with van der Waals surface area (Å²) in [6.07, 6.45) is 3.70. The van der Waals surface area contributed by atoms with E-state index in [2.05, 4.69) is 42.3 Å². The van der Waals surface area contributed by atoms with Crippen molar-refractivity contribution in [1.29, 1.82) is 0 Å². The van der Waals surface area contributed by atoms with Crippen LogP contribution in [0.2, 0.25) is 0 Å². The number of fused-ring (bicyclic) bond motifs is 3. The first-order chi connectivity index (χ1) is 8.79. The van der Waals surface area contributed by atoms with Gasteiger partial charge < -0.3 is 5.32 Å². The highest BCUT2D eigenvalue weighted by molar-refractivity contribution is 6.05. The molecule has 0 saturated carbocycles. The Labute approximate surface area is 106 Å². The quantitative estimate of drug-likeness (QED) is 0.693. The second kappa shape index (κ2) is 4.26. The molecule has 3 rings (SSSR count). The van der Waals surface area contributed by atoms with E-state index < -0.39 is 0 Å². The fourth-order valence-electron chi connectivity index (χ4n) is 2.25. The summed E-state index contributed by atoms with van der Waals surface area (Å²) >= 11 is 0. The average Bonchev–Trinajstić information content (AvgIpc) is 2.40. The summed E-state index contributed by atoms with van der Waals surface area (Å²) in [5.41, 5.74) is 2.19. The van der Waals surface area contributed by atoms with Crippen molar-refractivity contribution in [2.75, 3.05) is 11.9 Å². The minimum atomic E-state index is 0.877. The predicted octanol–water partition coefficient (Wildman–Crippen LogP) is 3.52. The Kier molecular flexibility index (Phi) is 2.59. The van der Waals surface area contributed by atoms with Crippen molar-refractivity contribution in [2.24, 2.45) is 0 Å². The topological polar surface area (TPSA) is 37.8 Å². The van der Waals surface area contributed by atoms with Crippen LogP contribution in [0.15, 0.2) is 36.7 Å². The van der Waals surface area contributed by atoms with Gasteiger partial charge in [0.1, 0.15) is 5.82 Å². The van der Waals surface area contributed by atoms with Crippen LogP contribution in [0.5, 0.6) is 0 Å². The van der Waals surface area contributed by atoms with E-state index in [1.165, 1.54) is 10.9 Å². The second-order valence-corrected chi connectivity index (χ2v) is 4.42. The third kappa shape index (κ3) is 1.68. The van der Waals surface area contributed by atoms with E-state index >= 15 is 0 Å². The summed E-state index contributed by atoms with van der Waals surface area (Å²) in [5, 5.41) is 6.75. The van der Waals surface area contributed by atoms with Crippen molar-refractivity contribution >= 4 is 27.5 Å². The summed E-state index contributed by atoms with van der Waals surface area (Å²) in [7, 11) is 0. The molecule has 3 heteroatoms. The zero-order chi connectivity index (χ0) is 12.5. The van der Waals surface area contributed by atoms with Gasteiger partial charge in [-0.1, -0.05) is 12.1 Å². The molecule has 90 valence electrons. The van der Waals surface area contributed by atoms with Crippen molar-refractivity contribution < 1.29 is 0 Å². The first-order valence-electron chi connectivity index (χ1n) is 6.17. The highest BCUT2D eigenvalue weighted by Crippen LogP contribution is 2.26. The number of rotatable bonds is 2. The smallest absolute Gasteiger partial charge is 0.129 e. The second-order valence-electron chi connectivity index (χ2n) is 4.42. The van der Waals surface area contributed by atoms with Gasteiger partial charge in [-0.05, 0) is 36.9 Å². The van der Waals surface area contributed by atoms with Gasteiger partial charge in [-0.15, -0.1) is 0 Å². The largest absolute Gasteiger partial charge is 0.370 e. The van der Waals surface area contributed by atoms with E-state index in [9.17, 15) is 0 Å². The highest BCUT2D eigenvalue weighted by atomic mass is 15.0. The van der Waals surface area contributed by atoms with Crippen LogP contribution in [0.25, 0.3) is 21.7 Å². The van der Waals surface area contributed by atoms with Gasteiger partial charge in [-0.2, -0.15) is 0 Å². The summed E-state index contributed by atoms with van der Waals surface area (Å²) in [6, 6.07) is 8.43. The van der Waals surface area contributed by atoms with Gasteiger partial charge in [-0.25, -0.2) is 4.98 Å². The summed E-state index contributed by atoms with van der Waals surface area (Å²) in [6.45, 7) is 5.04. The number of nitrogens with one attached hydrogen (secondary N) is 1. The number of hydrogen-bond acceptors (Lipinski definition) is 3. The number of benzene rings is 1. The minimum absolute atomic E-state index is 0.877. The molecule has 0 atom stereocenters. The third-order valence-electron chi connectivity index (χ3n) is 3.14. The van der Waals surface area contributed by atoms with Crippen LogP contribution in [0.1, 0.15) is 12.5 Å². The maximum Gasteiger partial charge on any atom is 0.129 e. The molecule has 0 aliphatic carbocycles. The lowest BCUT2D eigenvalue weighted by Gasteiger charge is -2.09. The number of aromatic nitrogens is 2. The first kappa shape index (κ1) is 11.0. The summed E-state index contributed by atoms with van der Waals surface area (Å²) < 4.78 is 0. The fraction of sp³-hybridized carbons (Fsp3) is 0.200. The number of nitrogens with zero attached hydrogens (tertiary/aromatic N) is 2. The fourth-order valence-corrected chi connectivity index (χ4v) is 2.25. The standard InChI is InChI=1S/C15H15N3/c1-3-17-15-10(2)8-12-5-4-11-6-7-16-9-13(11)14(12)18-15/h4-9H,3H2,1-2H3,(H,17,18). The number of aryl methyl sites for hydroxylation is 1. The molecule has 18 heavy (non-hydrogen) atoms. The molecule has 0 aliphatic heterocycles. The van der Waals surface area contributed by atoms with Gasteiger partial charge in [0.25, 0.3) is 0 Å². The Hall–Kier alpha value is -2.16. The Morgan fingerprint density at radius 2 is 2.00 bits per heavy atom. The van der Waals surface area contributed by atoms with Crippen molar-refractivity contribution in [3.8, 4) is 0 Å². The highest BCUT2D eigenvalue weighted by Gasteiger charge is 2.06. The summed E-state index contributed by atoms with van der Waals surface area (Å²) in [5.74, 6) is 0.960. The van der Waals surface area contributed by atoms with Gasteiger partial charge in [0.2, 0.25) is 0 Å². The molecule has 0 unspecified atom stereocenters. The monoisotopic (exact) mass is 237 g/mol. The number of hydrogen-bond donors (Lipinski definition) is 1. The zero-order valence-corrected chi connectivity index (χ0v) is 10.6. The van der Waals surface area contributed by atoms with Crippen LogP contribution < -0.4 is 5.32 Å². The maximum atomic E-state index is 4.74. The molecule has 3 aromatic rings. The normalized spacial score (nSPS) is 11.0. The lowest BCUT2D eigenvalue weighted by molar-refractivity contribution is 1.16. The molecule has 0 radical (unpaired) electrons. The van der Waals surface area contributed by atoms with E-state index in [0.717, 1.165) is 28.7 Å². The molecular formula is C15H15N3. The number of anilines is 1. The number of pyridine rings is 2. The molecule has 1 N–H and O–H groups in total. The third-order valence-corrected chi connectivity index (χ3v) is 3.14. The molecule has 0 fully saturated rings. The molecule has 0 bridgehead atoms. The molecule has 2 aromatic heterocycles. The molecule has 1 aromatic carbocycles. The van der Waals surface area contributed by atoms with E-state index in [0.29, 0.717) is 0 Å². The van der Waals surface area contributed by atoms with Crippen molar-refractivity contribution in [2.45, 2.75) is 13.8 Å². The van der Waals surface area contributed by atoms with Crippen molar-refractivity contribution in [3.05, 3.63) is 42.2 Å². The molecule has 0 amide bonds. The summed E-state index contributed by atoms with van der Waals surface area (Å²) in [4.78, 5) is 8.94. The van der Waals surface area contributed by atoms with Crippen LogP contribution in [-0.2, 0) is 0 Å². The SMILES string of the molecule is CCNc1nc2c(ccc3ccncc32)cc1C. The van der Waals surface area contributed by atoms with Crippen molar-refractivity contribution in [3.63, 3.8) is 0 Å². The lowest BCUT2D eigenvalue weighted by Crippen LogP contribution is -2.01. The Morgan fingerprint density at radius 3 is 2.83 bits per heavy atom. The van der Waals surface area contributed by atoms with Gasteiger partial charge >= 0.3 is 0 Å². The molecule has 3 nitrogen and oxygen atoms in total. The molecular weight excluding hydrogens is 222 g/mol. The maximum absolute atomic E-state index is 4.74. The van der Waals surface area contributed by atoms with E-state index in [1.54, 1.807) is 0 Å². The van der Waals surface area contributed by atoms with Crippen LogP contribution in [-0.4, -0.2) is 16.5 Å². The molecule has 0 saturated heterocycles. The molecule has 0 aliphatic rings. The van der Waals surface area contributed by atoms with Gasteiger partial charge in [0.15, 0.2) is 0 Å². The Morgan fingerprint density at radius 1 is 1.17 bits per heavy atom. The average molecular weight is 237 g/mol. The van der Waals surface area contributed by atoms with Gasteiger partial charge in [0, 0.05) is 29.7 Å². The van der Waals surface area contributed by atoms with Crippen LogP contribution >= 0.6 is 0 Å². The molecule has 0 spiro atoms. The van der Waals surface area contributed by atoms with E-state index in [-0.39, 0.29) is 0 Å².